The molecule has 0 saturated carbocycles. The van der Waals surface area contributed by atoms with Crippen molar-refractivity contribution in [2.24, 2.45) is 17.4 Å². The van der Waals surface area contributed by atoms with Crippen molar-refractivity contribution in [3.63, 3.8) is 0 Å². The third kappa shape index (κ3) is 9.70. The summed E-state index contributed by atoms with van der Waals surface area (Å²) in [5, 5.41) is 26.0. The number of aromatic amines is 1. The van der Waals surface area contributed by atoms with Gasteiger partial charge < -0.3 is 42.6 Å². The third-order valence-corrected chi connectivity index (χ3v) is 5.53. The highest BCUT2D eigenvalue weighted by Crippen LogP contribution is 2.08. The van der Waals surface area contributed by atoms with Crippen LogP contribution < -0.4 is 27.4 Å². The van der Waals surface area contributed by atoms with E-state index in [1.807, 2.05) is 6.92 Å². The Morgan fingerprint density at radius 1 is 1.06 bits per heavy atom. The van der Waals surface area contributed by atoms with E-state index in [0.29, 0.717) is 12.1 Å². The topological polar surface area (TPSA) is 243 Å². The van der Waals surface area contributed by atoms with E-state index >= 15 is 0 Å². The molecule has 1 heterocycles. The zero-order valence-electron chi connectivity index (χ0n) is 20.0. The number of H-pyrrole nitrogens is 1. The SMILES string of the molecule is CCC(C)C(N)C(=O)NC(Cc1cnc[nH]1)C(=O)NC(CCC(N)=O)C(=O)NC(C(=O)O)C(C)O. The van der Waals surface area contributed by atoms with E-state index in [-0.39, 0.29) is 25.2 Å². The van der Waals surface area contributed by atoms with Gasteiger partial charge in [0.25, 0.3) is 0 Å². The summed E-state index contributed by atoms with van der Waals surface area (Å²) in [5.74, 6) is -4.69. The van der Waals surface area contributed by atoms with Gasteiger partial charge in [-0.3, -0.25) is 19.2 Å². The van der Waals surface area contributed by atoms with Gasteiger partial charge in [-0.2, -0.15) is 0 Å². The number of aromatic nitrogens is 2. The van der Waals surface area contributed by atoms with Crippen molar-refractivity contribution in [1.29, 1.82) is 0 Å². The molecule has 0 saturated heterocycles. The Hall–Kier alpha value is -3.52. The Labute approximate surface area is 202 Å². The standard InChI is InChI=1S/C21H35N7O7/c1-4-10(2)16(23)20(33)27-14(7-12-8-24-9-25-12)19(32)26-13(5-6-15(22)30)18(31)28-17(11(3)29)21(34)35/h8-11,13-14,16-17,29H,4-7,23H2,1-3H3,(H2,22,30)(H,24,25)(H,26,32)(H,27,33)(H,28,31)(H,34,35). The first-order valence-corrected chi connectivity index (χ1v) is 11.2. The number of hydrogen-bond donors (Lipinski definition) is 8. The van der Waals surface area contributed by atoms with Gasteiger partial charge in [-0.05, 0) is 19.3 Å². The lowest BCUT2D eigenvalue weighted by Crippen LogP contribution is -2.59. The van der Waals surface area contributed by atoms with Crippen molar-refractivity contribution >= 4 is 29.6 Å². The molecule has 0 aromatic carbocycles. The molecule has 1 rings (SSSR count). The third-order valence-electron chi connectivity index (χ3n) is 5.53. The molecule has 0 radical (unpaired) electrons. The van der Waals surface area contributed by atoms with Crippen LogP contribution in [0.25, 0.3) is 0 Å². The molecule has 0 aliphatic rings. The average Bonchev–Trinajstić information content (AvgIpc) is 3.30. The Balaban J connectivity index is 3.10. The molecule has 6 unspecified atom stereocenters. The number of carbonyl (C=O) groups excluding carboxylic acids is 4. The van der Waals surface area contributed by atoms with Crippen LogP contribution in [0.4, 0.5) is 0 Å². The number of nitrogens with zero attached hydrogens (tertiary/aromatic N) is 1. The molecular weight excluding hydrogens is 462 g/mol. The summed E-state index contributed by atoms with van der Waals surface area (Å²) in [6.45, 7) is 4.83. The Morgan fingerprint density at radius 3 is 2.14 bits per heavy atom. The van der Waals surface area contributed by atoms with Crippen LogP contribution >= 0.6 is 0 Å². The van der Waals surface area contributed by atoms with Crippen LogP contribution in [0, 0.1) is 5.92 Å². The first kappa shape index (κ1) is 29.5. The molecule has 0 spiro atoms. The number of aliphatic carboxylic acids is 1. The second kappa shape index (κ2) is 14.0. The molecule has 0 aliphatic heterocycles. The molecule has 0 aliphatic carbocycles. The number of rotatable bonds is 15. The lowest BCUT2D eigenvalue weighted by molar-refractivity contribution is -0.145. The number of aliphatic hydroxyl groups is 1. The maximum absolute atomic E-state index is 13.1. The minimum absolute atomic E-state index is 0.0135. The predicted molar refractivity (Wildman–Crippen MR) is 123 cm³/mol. The number of aliphatic hydroxyl groups excluding tert-OH is 1. The summed E-state index contributed by atoms with van der Waals surface area (Å²) >= 11 is 0. The minimum Gasteiger partial charge on any atom is -0.480 e. The summed E-state index contributed by atoms with van der Waals surface area (Å²) < 4.78 is 0. The lowest BCUT2D eigenvalue weighted by Gasteiger charge is -2.26. The second-order valence-corrected chi connectivity index (χ2v) is 8.38. The van der Waals surface area contributed by atoms with E-state index in [1.54, 1.807) is 6.92 Å². The molecule has 0 fully saturated rings. The van der Waals surface area contributed by atoms with Crippen LogP contribution in [0.5, 0.6) is 0 Å². The zero-order valence-corrected chi connectivity index (χ0v) is 20.0. The molecule has 10 N–H and O–H groups in total. The summed E-state index contributed by atoms with van der Waals surface area (Å²) in [6.07, 6.45) is 1.51. The molecule has 14 nitrogen and oxygen atoms in total. The number of carbonyl (C=O) groups is 5. The van der Waals surface area contributed by atoms with E-state index in [4.69, 9.17) is 11.5 Å². The van der Waals surface area contributed by atoms with E-state index in [0.717, 1.165) is 0 Å². The maximum atomic E-state index is 13.1. The van der Waals surface area contributed by atoms with Crippen molar-refractivity contribution in [2.45, 2.75) is 76.7 Å². The van der Waals surface area contributed by atoms with Crippen LogP contribution in [-0.2, 0) is 30.4 Å². The van der Waals surface area contributed by atoms with Crippen molar-refractivity contribution in [2.75, 3.05) is 0 Å². The van der Waals surface area contributed by atoms with Crippen molar-refractivity contribution in [3.05, 3.63) is 18.2 Å². The fourth-order valence-electron chi connectivity index (χ4n) is 3.08. The van der Waals surface area contributed by atoms with Gasteiger partial charge in [0, 0.05) is 24.7 Å². The predicted octanol–water partition coefficient (Wildman–Crippen LogP) is -2.49. The highest BCUT2D eigenvalue weighted by Gasteiger charge is 2.32. The van der Waals surface area contributed by atoms with Gasteiger partial charge in [-0.25, -0.2) is 9.78 Å². The Kier molecular flexibility index (Phi) is 11.8. The number of primary amides is 1. The van der Waals surface area contributed by atoms with E-state index in [2.05, 4.69) is 25.9 Å². The summed E-state index contributed by atoms with van der Waals surface area (Å²) in [6, 6.07) is -5.08. The average molecular weight is 498 g/mol. The molecular formula is C21H35N7O7. The molecule has 6 atom stereocenters. The van der Waals surface area contributed by atoms with Crippen LogP contribution in [-0.4, -0.2) is 80.1 Å². The largest absolute Gasteiger partial charge is 0.480 e. The van der Waals surface area contributed by atoms with Gasteiger partial charge in [0.15, 0.2) is 6.04 Å². The minimum atomic E-state index is -1.65. The van der Waals surface area contributed by atoms with E-state index < -0.39 is 59.9 Å². The summed E-state index contributed by atoms with van der Waals surface area (Å²) in [7, 11) is 0. The number of amides is 4. The van der Waals surface area contributed by atoms with Gasteiger partial charge in [-0.15, -0.1) is 0 Å². The van der Waals surface area contributed by atoms with Crippen molar-refractivity contribution < 1.29 is 34.2 Å². The Bertz CT molecular complexity index is 875. The summed E-state index contributed by atoms with van der Waals surface area (Å²) in [4.78, 5) is 67.8. The molecule has 196 valence electrons. The maximum Gasteiger partial charge on any atom is 0.328 e. The van der Waals surface area contributed by atoms with E-state index in [1.165, 1.54) is 19.4 Å². The Morgan fingerprint density at radius 2 is 1.66 bits per heavy atom. The van der Waals surface area contributed by atoms with Gasteiger partial charge in [0.1, 0.15) is 12.1 Å². The van der Waals surface area contributed by atoms with Crippen molar-refractivity contribution in [1.82, 2.24) is 25.9 Å². The molecule has 0 bridgehead atoms. The zero-order chi connectivity index (χ0) is 26.7. The van der Waals surface area contributed by atoms with Crippen LogP contribution in [0.2, 0.25) is 0 Å². The smallest absolute Gasteiger partial charge is 0.328 e. The van der Waals surface area contributed by atoms with Gasteiger partial charge in [0.2, 0.25) is 23.6 Å². The lowest BCUT2D eigenvalue weighted by atomic mass is 9.98. The van der Waals surface area contributed by atoms with Gasteiger partial charge in [0.05, 0.1) is 18.5 Å². The number of imidazole rings is 1. The van der Waals surface area contributed by atoms with Gasteiger partial charge >= 0.3 is 5.97 Å². The highest BCUT2D eigenvalue weighted by atomic mass is 16.4. The fraction of sp³-hybridized carbons (Fsp3) is 0.619. The van der Waals surface area contributed by atoms with Crippen LogP contribution in [0.15, 0.2) is 12.5 Å². The normalized spacial score (nSPS) is 16.1. The second-order valence-electron chi connectivity index (χ2n) is 8.38. The fourth-order valence-corrected chi connectivity index (χ4v) is 3.08. The number of carboxylic acids is 1. The number of hydrogen-bond acceptors (Lipinski definition) is 8. The summed E-state index contributed by atoms with van der Waals surface area (Å²) in [5.41, 5.74) is 11.7. The quantitative estimate of drug-likeness (QED) is 0.128. The number of nitrogens with two attached hydrogens (primary N) is 2. The molecule has 1 aromatic heterocycles. The van der Waals surface area contributed by atoms with Gasteiger partial charge in [-0.1, -0.05) is 20.3 Å². The van der Waals surface area contributed by atoms with Crippen molar-refractivity contribution in [3.8, 4) is 0 Å². The number of carboxylic acid groups (broad SMARTS) is 1. The molecule has 4 amide bonds. The van der Waals surface area contributed by atoms with E-state index in [9.17, 15) is 34.2 Å². The molecule has 35 heavy (non-hydrogen) atoms. The highest BCUT2D eigenvalue weighted by molar-refractivity contribution is 5.94. The first-order chi connectivity index (χ1) is 16.4. The number of nitrogens with one attached hydrogen (secondary N) is 4. The van der Waals surface area contributed by atoms with Crippen LogP contribution in [0.1, 0.15) is 45.7 Å². The first-order valence-electron chi connectivity index (χ1n) is 11.2. The molecule has 14 heteroatoms. The molecule has 1 aromatic rings. The monoisotopic (exact) mass is 497 g/mol. The van der Waals surface area contributed by atoms with Crippen LogP contribution in [0.3, 0.4) is 0 Å².